The second-order valence-electron chi connectivity index (χ2n) is 8.02. The van der Waals surface area contributed by atoms with Gasteiger partial charge in [-0.2, -0.15) is 0 Å². The Kier molecular flexibility index (Phi) is 7.32. The van der Waals surface area contributed by atoms with Crippen LogP contribution in [-0.4, -0.2) is 56.5 Å². The van der Waals surface area contributed by atoms with E-state index in [2.05, 4.69) is 29.8 Å². The van der Waals surface area contributed by atoms with Gasteiger partial charge in [0.1, 0.15) is 37.9 Å². The molecule has 1 saturated heterocycles. The number of quaternary nitrogens is 2. The third-order valence-electron chi connectivity index (χ3n) is 5.74. The van der Waals surface area contributed by atoms with Gasteiger partial charge in [0.15, 0.2) is 0 Å². The maximum absolute atomic E-state index is 12.4. The summed E-state index contributed by atoms with van der Waals surface area (Å²) in [7, 11) is 2.17. The summed E-state index contributed by atoms with van der Waals surface area (Å²) in [5.41, 5.74) is 2.01. The summed E-state index contributed by atoms with van der Waals surface area (Å²) in [6.07, 6.45) is 0. The van der Waals surface area contributed by atoms with Crippen LogP contribution in [0.15, 0.2) is 48.5 Å². The third-order valence-corrected chi connectivity index (χ3v) is 5.74. The average molecular weight is 428 g/mol. The number of hydrogen-bond donors (Lipinski definition) is 4. The van der Waals surface area contributed by atoms with Gasteiger partial charge in [-0.25, -0.2) is 0 Å². The largest absolute Gasteiger partial charge is 0.341 e. The molecule has 164 valence electrons. The number of para-hydroxylation sites is 2. The molecule has 2 aromatic rings. The second kappa shape index (κ2) is 10.1. The third kappa shape index (κ3) is 5.87. The Morgan fingerprint density at radius 2 is 1.68 bits per heavy atom. The molecular formula is C22H29N5O4+2. The molecule has 2 amide bonds. The molecule has 1 heterocycles. The smallest absolute Gasteiger partial charge is 0.313 e. The van der Waals surface area contributed by atoms with Crippen LogP contribution in [0.2, 0.25) is 0 Å². The van der Waals surface area contributed by atoms with Gasteiger partial charge in [-0.15, -0.1) is 0 Å². The molecule has 0 spiro atoms. The minimum atomic E-state index is -0.922. The van der Waals surface area contributed by atoms with E-state index in [1.165, 1.54) is 28.0 Å². The first-order chi connectivity index (χ1) is 14.8. The van der Waals surface area contributed by atoms with Crippen LogP contribution in [-0.2, 0) is 9.59 Å². The minimum absolute atomic E-state index is 0.00426. The van der Waals surface area contributed by atoms with E-state index < -0.39 is 16.7 Å². The fraction of sp³-hybridized carbons (Fsp3) is 0.364. The van der Waals surface area contributed by atoms with E-state index in [9.17, 15) is 19.7 Å². The number of nitrogens with zero attached hydrogens (tertiary/aromatic N) is 1. The van der Waals surface area contributed by atoms with E-state index in [0.29, 0.717) is 6.54 Å². The first kappa shape index (κ1) is 22.4. The molecule has 9 nitrogen and oxygen atoms in total. The van der Waals surface area contributed by atoms with Crippen molar-refractivity contribution in [2.75, 3.05) is 45.1 Å². The molecular weight excluding hydrogens is 398 g/mol. The van der Waals surface area contributed by atoms with Gasteiger partial charge >= 0.3 is 11.8 Å². The van der Waals surface area contributed by atoms with Crippen molar-refractivity contribution in [3.63, 3.8) is 0 Å². The number of likely N-dealkylation sites (N-methyl/N-ethyl adjacent to an activating group) is 1. The first-order valence-corrected chi connectivity index (χ1v) is 10.4. The van der Waals surface area contributed by atoms with E-state index in [4.69, 9.17) is 0 Å². The molecule has 0 bridgehead atoms. The molecule has 0 aromatic heterocycles. The van der Waals surface area contributed by atoms with Crippen LogP contribution in [0.5, 0.6) is 0 Å². The Labute approximate surface area is 181 Å². The second-order valence-corrected chi connectivity index (χ2v) is 8.02. The lowest BCUT2D eigenvalue weighted by molar-refractivity contribution is -1.02. The summed E-state index contributed by atoms with van der Waals surface area (Å²) in [6.45, 7) is 6.37. The molecule has 3 rings (SSSR count). The van der Waals surface area contributed by atoms with Gasteiger partial charge in [-0.05, 0) is 13.0 Å². The molecule has 1 aliphatic rings. The summed E-state index contributed by atoms with van der Waals surface area (Å²) in [5, 5.41) is 16.2. The summed E-state index contributed by atoms with van der Waals surface area (Å²) >= 11 is 0. The standard InChI is InChI=1S/C22H27N5O4/c1-16-7-9-17(10-8-16)20(26-13-11-25(2)12-14-26)15-23-21(28)22(29)24-18-5-3-4-6-19(18)27(30)31/h3-10,20H,11-15H2,1-2H3,(H,23,28)(H,24,29)/p+2/t20-/m0/s1. The topological polar surface area (TPSA) is 110 Å². The Bertz CT molecular complexity index is 939. The van der Waals surface area contributed by atoms with Crippen molar-refractivity contribution in [1.29, 1.82) is 0 Å². The molecule has 1 fully saturated rings. The monoisotopic (exact) mass is 427 g/mol. The maximum atomic E-state index is 12.4. The lowest BCUT2D eigenvalue weighted by Crippen LogP contribution is -3.27. The van der Waals surface area contributed by atoms with Crippen molar-refractivity contribution in [2.24, 2.45) is 0 Å². The molecule has 0 unspecified atom stereocenters. The Balaban J connectivity index is 1.67. The molecule has 1 aliphatic heterocycles. The fourth-order valence-corrected chi connectivity index (χ4v) is 3.84. The number of nitrogens with one attached hydrogen (secondary N) is 4. The predicted octanol–water partition coefficient (Wildman–Crippen LogP) is -0.888. The Morgan fingerprint density at radius 3 is 2.32 bits per heavy atom. The number of rotatable bonds is 6. The van der Waals surface area contributed by atoms with Crippen molar-refractivity contribution in [2.45, 2.75) is 13.0 Å². The molecule has 0 aliphatic carbocycles. The molecule has 0 radical (unpaired) electrons. The van der Waals surface area contributed by atoms with E-state index in [1.54, 1.807) is 6.07 Å². The fourth-order valence-electron chi connectivity index (χ4n) is 3.84. The van der Waals surface area contributed by atoms with Crippen LogP contribution in [0.25, 0.3) is 0 Å². The van der Waals surface area contributed by atoms with E-state index in [-0.39, 0.29) is 17.4 Å². The predicted molar refractivity (Wildman–Crippen MR) is 116 cm³/mol. The highest BCUT2D eigenvalue weighted by atomic mass is 16.6. The molecule has 1 atom stereocenters. The lowest BCUT2D eigenvalue weighted by Gasteiger charge is -2.33. The number of anilines is 1. The zero-order valence-electron chi connectivity index (χ0n) is 17.8. The first-order valence-electron chi connectivity index (χ1n) is 10.4. The lowest BCUT2D eigenvalue weighted by atomic mass is 10.0. The molecule has 4 N–H and O–H groups in total. The van der Waals surface area contributed by atoms with Crippen molar-refractivity contribution < 1.29 is 24.3 Å². The molecule has 31 heavy (non-hydrogen) atoms. The van der Waals surface area contributed by atoms with Gasteiger partial charge in [-0.1, -0.05) is 42.0 Å². The van der Waals surface area contributed by atoms with Crippen LogP contribution in [0.4, 0.5) is 11.4 Å². The van der Waals surface area contributed by atoms with Crippen LogP contribution >= 0.6 is 0 Å². The number of piperazine rings is 1. The zero-order valence-corrected chi connectivity index (χ0v) is 17.8. The zero-order chi connectivity index (χ0) is 22.4. The highest BCUT2D eigenvalue weighted by Gasteiger charge is 2.30. The van der Waals surface area contributed by atoms with Gasteiger partial charge in [0.05, 0.1) is 18.5 Å². The number of nitro groups is 1. The van der Waals surface area contributed by atoms with Crippen molar-refractivity contribution in [3.05, 3.63) is 69.8 Å². The molecule has 0 saturated carbocycles. The van der Waals surface area contributed by atoms with Gasteiger partial charge in [0, 0.05) is 11.6 Å². The van der Waals surface area contributed by atoms with Gasteiger partial charge in [0.2, 0.25) is 0 Å². The molecule has 9 heteroatoms. The highest BCUT2D eigenvalue weighted by Crippen LogP contribution is 2.22. The van der Waals surface area contributed by atoms with Crippen LogP contribution in [0.1, 0.15) is 17.2 Å². The van der Waals surface area contributed by atoms with E-state index in [1.807, 2.05) is 19.1 Å². The number of hydrogen-bond acceptors (Lipinski definition) is 4. The maximum Gasteiger partial charge on any atom is 0.313 e. The van der Waals surface area contributed by atoms with Crippen LogP contribution in [0, 0.1) is 17.0 Å². The number of carbonyl (C=O) groups is 2. The number of carbonyl (C=O) groups excluding carboxylic acids is 2. The summed E-state index contributed by atoms with van der Waals surface area (Å²) in [5.74, 6) is -1.73. The number of benzene rings is 2. The average Bonchev–Trinajstić information content (AvgIpc) is 2.76. The number of nitro benzene ring substituents is 1. The van der Waals surface area contributed by atoms with Gasteiger partial charge in [0.25, 0.3) is 5.69 Å². The van der Waals surface area contributed by atoms with Crippen molar-refractivity contribution in [3.8, 4) is 0 Å². The Morgan fingerprint density at radius 1 is 1.03 bits per heavy atom. The van der Waals surface area contributed by atoms with E-state index in [0.717, 1.165) is 37.3 Å². The van der Waals surface area contributed by atoms with Crippen molar-refractivity contribution in [1.82, 2.24) is 5.32 Å². The SMILES string of the molecule is Cc1ccc([C@H](CNC(=O)C(=O)Nc2ccccc2[N+](=O)[O-])[NH+]2CC[NH+](C)CC2)cc1. The summed E-state index contributed by atoms with van der Waals surface area (Å²) < 4.78 is 0. The van der Waals surface area contributed by atoms with Gasteiger partial charge in [-0.3, -0.25) is 19.7 Å². The van der Waals surface area contributed by atoms with Gasteiger partial charge < -0.3 is 20.4 Å². The van der Waals surface area contributed by atoms with Crippen LogP contribution in [0.3, 0.4) is 0 Å². The van der Waals surface area contributed by atoms with Crippen molar-refractivity contribution >= 4 is 23.2 Å². The van der Waals surface area contributed by atoms with Crippen LogP contribution < -0.4 is 20.4 Å². The summed E-state index contributed by atoms with van der Waals surface area (Å²) in [6, 6.07) is 14.0. The quantitative estimate of drug-likeness (QED) is 0.272. The highest BCUT2D eigenvalue weighted by molar-refractivity contribution is 6.39. The summed E-state index contributed by atoms with van der Waals surface area (Å²) in [4.78, 5) is 38.2. The normalized spacial score (nSPS) is 19.3. The number of aryl methyl sites for hydroxylation is 1. The molecule has 2 aromatic carbocycles. The Hall–Kier alpha value is -3.30. The van der Waals surface area contributed by atoms with E-state index >= 15 is 0 Å². The number of amides is 2. The minimum Gasteiger partial charge on any atom is -0.341 e.